The molecule has 0 saturated carbocycles. The fourth-order valence-corrected chi connectivity index (χ4v) is 0. The molecule has 0 bridgehead atoms. The monoisotopic (exact) mass is 2610 g/mol. The van der Waals surface area contributed by atoms with Crippen LogP contribution in [0.2, 0.25) is 0 Å². The van der Waals surface area contributed by atoms with Crippen LogP contribution in [0.5, 0.6) is 0 Å². The third-order valence-corrected chi connectivity index (χ3v) is 0. The molecular formula is H17AgBBaBeBiCaCdCeCsFeHgLaLiMgMnMoNaNdPbSSiTaTbTeTl. The van der Waals surface area contributed by atoms with Crippen LogP contribution in [-0.4, -0.2) is 244 Å². The Kier molecular flexibility index (Phi) is 1600. The van der Waals surface area contributed by atoms with E-state index in [9.17, 15) is 0 Å². The average Bonchev–Trinajstić information content (AvgIpc) is 0. The van der Waals surface area contributed by atoms with E-state index >= 15 is 0 Å². The number of rotatable bonds is 0. The van der Waals surface area contributed by atoms with E-state index in [1.54, 1.807) is 0 Å². The summed E-state index contributed by atoms with van der Waals surface area (Å²) >= 11 is 0. The molecule has 25 heavy (non-hydrogen) atoms. The fraction of sp³-hybridized carbons (Fsp3) is 0. The van der Waals surface area contributed by atoms with Crippen molar-refractivity contribution in [2.45, 2.75) is 0 Å². The van der Waals surface area contributed by atoms with Gasteiger partial charge in [0.2, 0.25) is 0 Å². The molecule has 0 unspecified atom stereocenters. The van der Waals surface area contributed by atoms with Gasteiger partial charge in [-0.1, -0.05) is 0 Å². The quantitative estimate of drug-likeness (QED) is 0.212. The molecule has 0 spiro atoms. The van der Waals surface area contributed by atoms with Crippen molar-refractivity contribution < 1.29 is 445 Å². The zero-order valence-corrected chi connectivity index (χ0v) is 76.2. The molecule has 0 fully saturated rings. The van der Waals surface area contributed by atoms with Crippen LogP contribution in [0.25, 0.3) is 0 Å². The van der Waals surface area contributed by atoms with Gasteiger partial charge in [0.1, 0.15) is 0 Å². The van der Waals surface area contributed by atoms with E-state index in [-0.39, 0.29) is 702 Å². The SMILES string of the molecule is S.[Ag].[B].[Ba+2].[Be+2].[Bi].[Ca+2].[Cd].[Ce].[Cs+].[Fe].[H-].[H-].[H-].[H-].[H-].[H-].[H-].[H-].[H-].[H-].[H-].[Hg].[La].[Li+].[Mg+2].[Mn].[Mo].[Na+].[Nd].[Pb].[SiH4].[Ta].[Tb].[Te].[Tl]. The Morgan fingerprint density at radius 3 is 1.04 bits per heavy atom. The van der Waals surface area contributed by atoms with Crippen molar-refractivity contribution in [2.75, 3.05) is 0 Å². The third-order valence-electron chi connectivity index (χ3n) is 0. The predicted octanol–water partition coefficient (Wildman–Crippen LogP) is -12.5. The van der Waals surface area contributed by atoms with Crippen LogP contribution in [0, 0.1) is 157 Å². The molecular weight excluding hydrogens is 2580 g/mol. The van der Waals surface area contributed by atoms with Crippen molar-refractivity contribution in [3.63, 3.8) is 0 Å². The zero-order chi connectivity index (χ0) is 0. The van der Waals surface area contributed by atoms with Crippen LogP contribution in [0.15, 0.2) is 0 Å². The average molecular weight is 2600 g/mol. The second-order valence-electron chi connectivity index (χ2n) is 0. The Morgan fingerprint density at radius 1 is 1.04 bits per heavy atom. The van der Waals surface area contributed by atoms with Gasteiger partial charge < -0.3 is 15.7 Å². The molecule has 0 aliphatic carbocycles. The van der Waals surface area contributed by atoms with E-state index in [0.717, 1.165) is 0 Å². The minimum Gasteiger partial charge on any atom is -1.00 e. The van der Waals surface area contributed by atoms with Crippen molar-refractivity contribution in [1.82, 2.24) is 0 Å². The Balaban J connectivity index is 0. The topological polar surface area (TPSA) is 0 Å². The van der Waals surface area contributed by atoms with Gasteiger partial charge in [0, 0.05) is 425 Å². The standard InChI is InChI=1S/Ag.B.Ba.Be.Bi.Ca.Cd.Ce.Cs.Fe.Hg.La.Li.Mg.Mn.Mo.Na.Nd.Pb.H2S.H4Si.Ta.Tb.Te.Tl.11H/h;;;;;;;;;;;;;;;;;;;1H2;1H4;;;;;;;;;;;;;;;/q;;2*+2;;+2;;;+1;;;;+1;+2;;;+1;;;;;;;;;11*-1. The Labute approximate surface area is 677 Å². The Hall–Kier alpha value is 21.8. The van der Waals surface area contributed by atoms with E-state index in [4.69, 9.17) is 0 Å². The maximum atomic E-state index is 0. The molecule has 0 heterocycles. The molecule has 18 radical (unpaired) electrons. The molecule has 0 aromatic carbocycles. The zero-order valence-electron chi connectivity index (χ0n) is 25.1. The molecule has 0 aliphatic heterocycles. The van der Waals surface area contributed by atoms with Gasteiger partial charge in [0.25, 0.3) is 0 Å². The van der Waals surface area contributed by atoms with Gasteiger partial charge in [0.15, 0.2) is 0 Å². The molecule has 25 heteroatoms. The van der Waals surface area contributed by atoms with Crippen LogP contribution in [0.1, 0.15) is 15.7 Å². The van der Waals surface area contributed by atoms with Crippen LogP contribution < -0.4 is 117 Å². The molecule has 0 amide bonds. The summed E-state index contributed by atoms with van der Waals surface area (Å²) in [6.07, 6.45) is 0. The largest absolute Gasteiger partial charge is 2.00 e. The van der Waals surface area contributed by atoms with Gasteiger partial charge in [-0.3, -0.25) is 0 Å². The smallest absolute Gasteiger partial charge is 1.00 e. The second-order valence-corrected chi connectivity index (χ2v) is 0. The first-order chi connectivity index (χ1) is 0. The van der Waals surface area contributed by atoms with E-state index in [1.807, 2.05) is 0 Å². The third kappa shape index (κ3) is 185. The van der Waals surface area contributed by atoms with Crippen molar-refractivity contribution >= 4 is 257 Å². The van der Waals surface area contributed by atoms with Gasteiger partial charge >= 0.3 is 237 Å². The van der Waals surface area contributed by atoms with Crippen LogP contribution in [-0.2, 0) is 155 Å². The molecule has 0 saturated heterocycles. The van der Waals surface area contributed by atoms with E-state index in [1.165, 1.54) is 0 Å². The summed E-state index contributed by atoms with van der Waals surface area (Å²) in [6.45, 7) is 0. The Bertz CT molecular complexity index is 148. The predicted molar refractivity (Wildman–Crippen MR) is 85.7 cm³/mol. The molecule has 0 aromatic heterocycles. The van der Waals surface area contributed by atoms with Gasteiger partial charge in [-0.25, -0.2) is 0 Å². The van der Waals surface area contributed by atoms with Crippen molar-refractivity contribution in [2.24, 2.45) is 0 Å². The molecule has 0 rings (SSSR count). The van der Waals surface area contributed by atoms with Crippen molar-refractivity contribution in [1.29, 1.82) is 0 Å². The summed E-state index contributed by atoms with van der Waals surface area (Å²) in [4.78, 5) is 0. The minimum atomic E-state index is 0. The first-order valence-corrected chi connectivity index (χ1v) is 0. The first-order valence-electron chi connectivity index (χ1n) is 0. The van der Waals surface area contributed by atoms with E-state index < -0.39 is 0 Å². The van der Waals surface area contributed by atoms with Gasteiger partial charge in [0.05, 0.1) is 0 Å². The summed E-state index contributed by atoms with van der Waals surface area (Å²) < 4.78 is 0. The summed E-state index contributed by atoms with van der Waals surface area (Å²) in [5, 5.41) is 0. The Morgan fingerprint density at radius 2 is 1.04 bits per heavy atom. The molecule has 0 aliphatic rings. The normalized spacial score (nSPS) is 0. The van der Waals surface area contributed by atoms with Crippen molar-refractivity contribution in [3.05, 3.63) is 0 Å². The molecule has 120 valence electrons. The fourth-order valence-electron chi connectivity index (χ4n) is 0. The van der Waals surface area contributed by atoms with E-state index in [2.05, 4.69) is 0 Å². The molecule has 0 atom stereocenters. The van der Waals surface area contributed by atoms with Crippen LogP contribution in [0.3, 0.4) is 0 Å². The second kappa shape index (κ2) is 193. The number of hydrogen-bond donors (Lipinski definition) is 0. The molecule has 0 N–H and O–H groups in total. The summed E-state index contributed by atoms with van der Waals surface area (Å²) in [5.74, 6) is 0. The molecule has 0 aromatic rings. The summed E-state index contributed by atoms with van der Waals surface area (Å²) in [5.41, 5.74) is 0. The van der Waals surface area contributed by atoms with Crippen molar-refractivity contribution in [3.8, 4) is 0 Å². The van der Waals surface area contributed by atoms with Crippen LogP contribution in [0.4, 0.5) is 0 Å². The summed E-state index contributed by atoms with van der Waals surface area (Å²) in [6, 6.07) is 0. The van der Waals surface area contributed by atoms with E-state index in [0.29, 0.717) is 0 Å². The van der Waals surface area contributed by atoms with Gasteiger partial charge in [-0.2, -0.15) is 13.5 Å². The molecule has 0 nitrogen and oxygen atoms in total. The minimum absolute atomic E-state index is 0. The van der Waals surface area contributed by atoms with Crippen LogP contribution >= 0.6 is 13.5 Å². The number of hydrogen-bond acceptors (Lipinski definition) is 0. The van der Waals surface area contributed by atoms with Gasteiger partial charge in [-0.05, 0) is 11.0 Å². The maximum absolute atomic E-state index is 0. The summed E-state index contributed by atoms with van der Waals surface area (Å²) in [7, 11) is 0. The maximum Gasteiger partial charge on any atom is 2.00 e. The first kappa shape index (κ1) is 206. The van der Waals surface area contributed by atoms with Gasteiger partial charge in [-0.15, -0.1) is 0 Å².